The Morgan fingerprint density at radius 1 is 1.48 bits per heavy atom. The Bertz CT molecular complexity index is 701. The number of carboxylic acids is 1. The Labute approximate surface area is 132 Å². The van der Waals surface area contributed by atoms with E-state index < -0.39 is 16.6 Å². The predicted octanol–water partition coefficient (Wildman–Crippen LogP) is 3.75. The summed E-state index contributed by atoms with van der Waals surface area (Å²) in [4.78, 5) is 23.1. The van der Waals surface area contributed by atoms with Crippen molar-refractivity contribution >= 4 is 44.6 Å². The van der Waals surface area contributed by atoms with Gasteiger partial charge in [0.2, 0.25) is 0 Å². The summed E-state index contributed by atoms with van der Waals surface area (Å²) in [5.74, 6) is -1.31. The van der Waals surface area contributed by atoms with Crippen molar-refractivity contribution in [3.63, 3.8) is 0 Å². The van der Waals surface area contributed by atoms with Crippen LogP contribution in [0.1, 0.15) is 15.9 Å². The largest absolute Gasteiger partial charge is 0.477 e. The lowest BCUT2D eigenvalue weighted by atomic mass is 10.1. The Morgan fingerprint density at radius 2 is 2.19 bits per heavy atom. The van der Waals surface area contributed by atoms with Crippen LogP contribution in [-0.4, -0.2) is 23.0 Å². The summed E-state index contributed by atoms with van der Waals surface area (Å²) in [6.07, 6.45) is 0. The third-order valence-corrected chi connectivity index (χ3v) is 4.44. The third kappa shape index (κ3) is 3.59. The van der Waals surface area contributed by atoms with E-state index in [1.807, 2.05) is 16.3 Å². The number of hydrogen-bond acceptors (Lipinski definition) is 5. The maximum atomic E-state index is 11.1. The van der Waals surface area contributed by atoms with Crippen LogP contribution in [0.4, 0.5) is 11.4 Å². The van der Waals surface area contributed by atoms with Gasteiger partial charge in [0.15, 0.2) is 0 Å². The van der Waals surface area contributed by atoms with Crippen molar-refractivity contribution in [3.8, 4) is 0 Å². The predicted molar refractivity (Wildman–Crippen MR) is 84.2 cm³/mol. The zero-order valence-electron chi connectivity index (χ0n) is 10.9. The Morgan fingerprint density at radius 3 is 2.71 bits per heavy atom. The number of halogens is 1. The fraction of sp³-hybridized carbons (Fsp3) is 0.154. The molecular formula is C13H11BrN2O4S. The van der Waals surface area contributed by atoms with E-state index in [0.717, 1.165) is 9.35 Å². The first-order valence-electron chi connectivity index (χ1n) is 5.84. The lowest BCUT2D eigenvalue weighted by molar-refractivity contribution is -0.385. The Hall–Kier alpha value is -1.93. The van der Waals surface area contributed by atoms with Gasteiger partial charge in [-0.25, -0.2) is 4.79 Å². The van der Waals surface area contributed by atoms with E-state index in [4.69, 9.17) is 5.11 Å². The molecule has 0 fully saturated rings. The van der Waals surface area contributed by atoms with Gasteiger partial charge in [0.05, 0.1) is 8.71 Å². The van der Waals surface area contributed by atoms with Gasteiger partial charge in [-0.05, 0) is 45.1 Å². The SMILES string of the molecule is CN(Cc1csc(Br)c1)c1ccc([N+](=O)[O-])c(C(=O)O)c1. The van der Waals surface area contributed by atoms with Crippen LogP contribution in [0, 0.1) is 10.1 Å². The number of anilines is 1. The molecule has 1 heterocycles. The van der Waals surface area contributed by atoms with Crippen LogP contribution in [0.3, 0.4) is 0 Å². The molecule has 21 heavy (non-hydrogen) atoms. The minimum Gasteiger partial charge on any atom is -0.477 e. The van der Waals surface area contributed by atoms with E-state index in [2.05, 4.69) is 15.9 Å². The summed E-state index contributed by atoms with van der Waals surface area (Å²) in [5, 5.41) is 21.9. The monoisotopic (exact) mass is 370 g/mol. The fourth-order valence-corrected chi connectivity index (χ4v) is 3.09. The van der Waals surface area contributed by atoms with Crippen LogP contribution in [0.2, 0.25) is 0 Å². The molecule has 0 aliphatic carbocycles. The number of carboxylic acid groups (broad SMARTS) is 1. The zero-order chi connectivity index (χ0) is 15.6. The van der Waals surface area contributed by atoms with E-state index in [0.29, 0.717) is 12.2 Å². The first-order chi connectivity index (χ1) is 9.88. The molecule has 1 aromatic carbocycles. The number of nitro benzene ring substituents is 1. The maximum Gasteiger partial charge on any atom is 0.342 e. The molecule has 0 unspecified atom stereocenters. The normalized spacial score (nSPS) is 10.4. The van der Waals surface area contributed by atoms with Crippen LogP contribution in [0.5, 0.6) is 0 Å². The van der Waals surface area contributed by atoms with Crippen molar-refractivity contribution < 1.29 is 14.8 Å². The number of thiophene rings is 1. The molecule has 110 valence electrons. The van der Waals surface area contributed by atoms with Crippen molar-refractivity contribution in [1.29, 1.82) is 0 Å². The summed E-state index contributed by atoms with van der Waals surface area (Å²) < 4.78 is 1.01. The molecule has 0 amide bonds. The number of nitrogens with zero attached hydrogens (tertiary/aromatic N) is 2. The number of nitro groups is 1. The highest BCUT2D eigenvalue weighted by Crippen LogP contribution is 2.27. The van der Waals surface area contributed by atoms with Gasteiger partial charge in [0.25, 0.3) is 5.69 Å². The number of aromatic carboxylic acids is 1. The number of carbonyl (C=O) groups is 1. The van der Waals surface area contributed by atoms with Gasteiger partial charge in [-0.15, -0.1) is 11.3 Å². The highest BCUT2D eigenvalue weighted by atomic mass is 79.9. The van der Waals surface area contributed by atoms with E-state index >= 15 is 0 Å². The summed E-state index contributed by atoms with van der Waals surface area (Å²) in [6, 6.07) is 6.07. The highest BCUT2D eigenvalue weighted by molar-refractivity contribution is 9.11. The standard InChI is InChI=1S/C13H11BrN2O4S/c1-15(6-8-4-12(14)21-7-8)9-2-3-11(16(19)20)10(5-9)13(17)18/h2-5,7H,6H2,1H3,(H,17,18). The quantitative estimate of drug-likeness (QED) is 0.639. The van der Waals surface area contributed by atoms with Gasteiger partial charge < -0.3 is 10.0 Å². The second-order valence-corrected chi connectivity index (χ2v) is 6.67. The molecule has 0 saturated carbocycles. The highest BCUT2D eigenvalue weighted by Gasteiger charge is 2.20. The Balaban J connectivity index is 2.29. The average molecular weight is 371 g/mol. The summed E-state index contributed by atoms with van der Waals surface area (Å²) >= 11 is 4.94. The van der Waals surface area contributed by atoms with Gasteiger partial charge in [0.1, 0.15) is 5.56 Å². The molecule has 0 spiro atoms. The minimum absolute atomic E-state index is 0.309. The molecule has 0 aliphatic heterocycles. The lowest BCUT2D eigenvalue weighted by Crippen LogP contribution is -2.16. The number of benzene rings is 1. The topological polar surface area (TPSA) is 83.7 Å². The molecule has 0 radical (unpaired) electrons. The van der Waals surface area contributed by atoms with E-state index in [1.54, 1.807) is 24.5 Å². The van der Waals surface area contributed by atoms with E-state index in [9.17, 15) is 14.9 Å². The second-order valence-electron chi connectivity index (χ2n) is 4.38. The summed E-state index contributed by atoms with van der Waals surface area (Å²) in [5.41, 5.74) is 0.971. The molecule has 6 nitrogen and oxygen atoms in total. The van der Waals surface area contributed by atoms with Gasteiger partial charge in [0, 0.05) is 25.3 Å². The van der Waals surface area contributed by atoms with Crippen molar-refractivity contribution in [3.05, 3.63) is 54.7 Å². The second kappa shape index (κ2) is 6.23. The molecule has 8 heteroatoms. The van der Waals surface area contributed by atoms with Crippen LogP contribution in [-0.2, 0) is 6.54 Å². The first kappa shape index (κ1) is 15.5. The lowest BCUT2D eigenvalue weighted by Gasteiger charge is -2.19. The molecule has 2 aromatic rings. The fourth-order valence-electron chi connectivity index (χ4n) is 1.89. The van der Waals surface area contributed by atoms with E-state index in [1.165, 1.54) is 12.1 Å². The van der Waals surface area contributed by atoms with Crippen molar-refractivity contribution in [2.45, 2.75) is 6.54 Å². The van der Waals surface area contributed by atoms with Crippen molar-refractivity contribution in [2.75, 3.05) is 11.9 Å². The zero-order valence-corrected chi connectivity index (χ0v) is 13.3. The van der Waals surface area contributed by atoms with Crippen molar-refractivity contribution in [2.24, 2.45) is 0 Å². The van der Waals surface area contributed by atoms with Gasteiger partial charge in [-0.1, -0.05) is 0 Å². The number of hydrogen-bond donors (Lipinski definition) is 1. The van der Waals surface area contributed by atoms with Crippen LogP contribution in [0.15, 0.2) is 33.4 Å². The molecule has 0 bridgehead atoms. The smallest absolute Gasteiger partial charge is 0.342 e. The molecule has 0 aliphatic rings. The average Bonchev–Trinajstić information content (AvgIpc) is 2.83. The molecule has 1 N–H and O–H groups in total. The van der Waals surface area contributed by atoms with Gasteiger partial charge in [-0.3, -0.25) is 10.1 Å². The van der Waals surface area contributed by atoms with Gasteiger partial charge >= 0.3 is 5.97 Å². The Kier molecular flexibility index (Phi) is 4.59. The van der Waals surface area contributed by atoms with Crippen molar-refractivity contribution in [1.82, 2.24) is 0 Å². The summed E-state index contributed by atoms with van der Waals surface area (Å²) in [6.45, 7) is 0.582. The summed E-state index contributed by atoms with van der Waals surface area (Å²) in [7, 11) is 1.80. The molecule has 0 saturated heterocycles. The molecule has 2 rings (SSSR count). The first-order valence-corrected chi connectivity index (χ1v) is 7.51. The number of rotatable bonds is 5. The minimum atomic E-state index is -1.31. The van der Waals surface area contributed by atoms with Crippen LogP contribution < -0.4 is 4.90 Å². The maximum absolute atomic E-state index is 11.1. The molecule has 0 atom stereocenters. The van der Waals surface area contributed by atoms with E-state index in [-0.39, 0.29) is 5.56 Å². The van der Waals surface area contributed by atoms with Crippen LogP contribution in [0.25, 0.3) is 0 Å². The molecular weight excluding hydrogens is 360 g/mol. The third-order valence-electron chi connectivity index (χ3n) is 2.89. The molecule has 1 aromatic heterocycles. The van der Waals surface area contributed by atoms with Crippen LogP contribution >= 0.6 is 27.3 Å². The van der Waals surface area contributed by atoms with Gasteiger partial charge in [-0.2, -0.15) is 0 Å².